The molecule has 3 aromatic rings. The summed E-state index contributed by atoms with van der Waals surface area (Å²) in [6.45, 7) is 1.61. The fourth-order valence-electron chi connectivity index (χ4n) is 2.59. The Hall–Kier alpha value is -3.77. The highest BCUT2D eigenvalue weighted by molar-refractivity contribution is 7.16. The van der Waals surface area contributed by atoms with Crippen LogP contribution in [0.3, 0.4) is 0 Å². The number of nitro benzene ring substituents is 1. The highest BCUT2D eigenvalue weighted by Gasteiger charge is 2.13. The van der Waals surface area contributed by atoms with Crippen molar-refractivity contribution in [3.8, 4) is 12.3 Å². The molecule has 0 atom stereocenters. The smallest absolute Gasteiger partial charge is 0.279 e. The molecule has 0 aliphatic carbocycles. The Balaban J connectivity index is 2.10. The minimum absolute atomic E-state index is 0.109. The minimum atomic E-state index is -0.608. The standard InChI is InChI=1S/C19H14N4O4S/c1-3-9-22-16-8-7-14(20-12(2)24)11-17(16)28-19(22)21-18(25)13-5-4-6-15(10-13)23(26)27/h1,4-8,10-11H,9H2,2H3,(H,20,24). The van der Waals surface area contributed by atoms with E-state index in [9.17, 15) is 19.7 Å². The van der Waals surface area contributed by atoms with Gasteiger partial charge in [-0.2, -0.15) is 4.99 Å². The Morgan fingerprint density at radius 2 is 2.11 bits per heavy atom. The average Bonchev–Trinajstić information content (AvgIpc) is 2.98. The van der Waals surface area contributed by atoms with E-state index in [1.54, 1.807) is 22.8 Å². The summed E-state index contributed by atoms with van der Waals surface area (Å²) in [5.41, 5.74) is 1.31. The second-order valence-corrected chi connectivity index (χ2v) is 6.77. The van der Waals surface area contributed by atoms with Gasteiger partial charge in [0.15, 0.2) is 4.80 Å². The number of benzene rings is 2. The average molecular weight is 394 g/mol. The third kappa shape index (κ3) is 3.97. The molecule has 2 aromatic carbocycles. The Kier molecular flexibility index (Phi) is 5.33. The van der Waals surface area contributed by atoms with E-state index in [0.29, 0.717) is 10.5 Å². The molecule has 0 fully saturated rings. The molecule has 3 rings (SSSR count). The van der Waals surface area contributed by atoms with Crippen molar-refractivity contribution in [3.63, 3.8) is 0 Å². The zero-order valence-corrected chi connectivity index (χ0v) is 15.5. The van der Waals surface area contributed by atoms with Crippen LogP contribution in [0.2, 0.25) is 0 Å². The number of nitrogens with one attached hydrogen (secondary N) is 1. The van der Waals surface area contributed by atoms with Gasteiger partial charge in [0.05, 0.1) is 21.7 Å². The van der Waals surface area contributed by atoms with E-state index in [0.717, 1.165) is 10.2 Å². The first-order valence-corrected chi connectivity index (χ1v) is 8.88. The molecule has 0 unspecified atom stereocenters. The number of fused-ring (bicyclic) bond motifs is 1. The van der Waals surface area contributed by atoms with Crippen molar-refractivity contribution >= 4 is 44.7 Å². The van der Waals surface area contributed by atoms with Crippen LogP contribution in [-0.2, 0) is 11.3 Å². The molecule has 28 heavy (non-hydrogen) atoms. The van der Waals surface area contributed by atoms with Gasteiger partial charge in [-0.05, 0) is 24.3 Å². The number of terminal acetylenes is 1. The van der Waals surface area contributed by atoms with E-state index in [1.165, 1.54) is 42.5 Å². The SMILES string of the molecule is C#CCn1c(=NC(=O)c2cccc([N+](=O)[O-])c2)sc2cc(NC(C)=O)ccc21. The predicted octanol–water partition coefficient (Wildman–Crippen LogP) is 2.94. The van der Waals surface area contributed by atoms with E-state index in [2.05, 4.69) is 16.2 Å². The van der Waals surface area contributed by atoms with Crippen LogP contribution < -0.4 is 10.1 Å². The third-order valence-electron chi connectivity index (χ3n) is 3.75. The summed E-state index contributed by atoms with van der Waals surface area (Å²) in [6, 6.07) is 10.7. The van der Waals surface area contributed by atoms with Crippen LogP contribution in [0.25, 0.3) is 10.2 Å². The first kappa shape index (κ1) is 19.0. The molecular formula is C19H14N4O4S. The second-order valence-electron chi connectivity index (χ2n) is 5.76. The molecule has 1 heterocycles. The maximum absolute atomic E-state index is 12.5. The van der Waals surface area contributed by atoms with E-state index < -0.39 is 10.8 Å². The Morgan fingerprint density at radius 3 is 2.79 bits per heavy atom. The number of amides is 2. The largest absolute Gasteiger partial charge is 0.326 e. The van der Waals surface area contributed by atoms with Crippen molar-refractivity contribution in [2.75, 3.05) is 5.32 Å². The summed E-state index contributed by atoms with van der Waals surface area (Å²) in [6.07, 6.45) is 5.45. The lowest BCUT2D eigenvalue weighted by Gasteiger charge is -2.03. The number of carbonyl (C=O) groups is 2. The van der Waals surface area contributed by atoms with Crippen molar-refractivity contribution in [1.82, 2.24) is 4.57 Å². The van der Waals surface area contributed by atoms with Crippen LogP contribution in [0.15, 0.2) is 47.5 Å². The summed E-state index contributed by atoms with van der Waals surface area (Å²) in [5, 5.41) is 13.6. The molecule has 2 amide bonds. The first-order valence-electron chi connectivity index (χ1n) is 8.07. The highest BCUT2D eigenvalue weighted by Crippen LogP contribution is 2.22. The molecule has 0 saturated heterocycles. The van der Waals surface area contributed by atoms with Gasteiger partial charge in [0.1, 0.15) is 0 Å². The molecule has 0 aliphatic heterocycles. The molecule has 1 aromatic heterocycles. The molecule has 0 aliphatic rings. The summed E-state index contributed by atoms with van der Waals surface area (Å²) in [4.78, 5) is 38.6. The molecule has 0 saturated carbocycles. The number of carbonyl (C=O) groups excluding carboxylic acids is 2. The van der Waals surface area contributed by atoms with Gasteiger partial charge >= 0.3 is 0 Å². The molecule has 9 heteroatoms. The topological polar surface area (TPSA) is 107 Å². The Labute approximate surface area is 163 Å². The molecule has 140 valence electrons. The van der Waals surface area contributed by atoms with Gasteiger partial charge in [-0.15, -0.1) is 6.42 Å². The fraction of sp³-hybridized carbons (Fsp3) is 0.105. The maximum atomic E-state index is 12.5. The third-order valence-corrected chi connectivity index (χ3v) is 4.79. The van der Waals surface area contributed by atoms with Crippen molar-refractivity contribution in [2.24, 2.45) is 4.99 Å². The van der Waals surface area contributed by atoms with E-state index in [1.807, 2.05) is 0 Å². The van der Waals surface area contributed by atoms with Crippen LogP contribution >= 0.6 is 11.3 Å². The number of non-ortho nitro benzene ring substituents is 1. The van der Waals surface area contributed by atoms with Crippen molar-refractivity contribution < 1.29 is 14.5 Å². The summed E-state index contributed by atoms with van der Waals surface area (Å²) in [5.74, 6) is 1.72. The van der Waals surface area contributed by atoms with Gasteiger partial charge in [-0.25, -0.2) is 0 Å². The molecule has 0 radical (unpaired) electrons. The van der Waals surface area contributed by atoms with Crippen molar-refractivity contribution in [2.45, 2.75) is 13.5 Å². The first-order chi connectivity index (χ1) is 13.4. The lowest BCUT2D eigenvalue weighted by Crippen LogP contribution is -2.16. The number of nitrogens with zero attached hydrogens (tertiary/aromatic N) is 3. The number of thiazole rings is 1. The number of aromatic nitrogens is 1. The number of rotatable bonds is 4. The molecule has 0 spiro atoms. The number of nitro groups is 1. The molecular weight excluding hydrogens is 380 g/mol. The zero-order valence-electron chi connectivity index (χ0n) is 14.7. The normalized spacial score (nSPS) is 11.2. The summed E-state index contributed by atoms with van der Waals surface area (Å²) in [7, 11) is 0. The number of anilines is 1. The van der Waals surface area contributed by atoms with Crippen molar-refractivity contribution in [1.29, 1.82) is 0 Å². The van der Waals surface area contributed by atoms with Gasteiger partial charge in [0.2, 0.25) is 5.91 Å². The van der Waals surface area contributed by atoms with Crippen LogP contribution in [0.5, 0.6) is 0 Å². The predicted molar refractivity (Wildman–Crippen MR) is 106 cm³/mol. The number of hydrogen-bond acceptors (Lipinski definition) is 5. The van der Waals surface area contributed by atoms with Crippen LogP contribution in [0.4, 0.5) is 11.4 Å². The molecule has 8 nitrogen and oxygen atoms in total. The quantitative estimate of drug-likeness (QED) is 0.417. The Morgan fingerprint density at radius 1 is 1.32 bits per heavy atom. The lowest BCUT2D eigenvalue weighted by atomic mass is 10.2. The van der Waals surface area contributed by atoms with Crippen LogP contribution in [-0.4, -0.2) is 21.3 Å². The number of hydrogen-bond donors (Lipinski definition) is 1. The van der Waals surface area contributed by atoms with Gasteiger partial charge in [-0.1, -0.05) is 23.3 Å². The fourth-order valence-corrected chi connectivity index (χ4v) is 3.65. The molecule has 0 bridgehead atoms. The van der Waals surface area contributed by atoms with Crippen LogP contribution in [0, 0.1) is 22.5 Å². The summed E-state index contributed by atoms with van der Waals surface area (Å²) >= 11 is 1.23. The Bertz CT molecular complexity index is 1220. The van der Waals surface area contributed by atoms with E-state index >= 15 is 0 Å². The second kappa shape index (κ2) is 7.85. The van der Waals surface area contributed by atoms with Crippen LogP contribution in [0.1, 0.15) is 17.3 Å². The van der Waals surface area contributed by atoms with E-state index in [-0.39, 0.29) is 23.7 Å². The van der Waals surface area contributed by atoms with Gasteiger partial charge in [0.25, 0.3) is 11.6 Å². The summed E-state index contributed by atoms with van der Waals surface area (Å²) < 4.78 is 2.49. The van der Waals surface area contributed by atoms with Gasteiger partial charge < -0.3 is 9.88 Å². The highest BCUT2D eigenvalue weighted by atomic mass is 32.1. The van der Waals surface area contributed by atoms with E-state index in [4.69, 9.17) is 6.42 Å². The van der Waals surface area contributed by atoms with Crippen molar-refractivity contribution in [3.05, 3.63) is 62.9 Å². The minimum Gasteiger partial charge on any atom is -0.326 e. The zero-order chi connectivity index (χ0) is 20.3. The van der Waals surface area contributed by atoms with Gasteiger partial charge in [-0.3, -0.25) is 19.7 Å². The lowest BCUT2D eigenvalue weighted by molar-refractivity contribution is -0.384. The molecule has 1 N–H and O–H groups in total. The maximum Gasteiger partial charge on any atom is 0.279 e. The monoisotopic (exact) mass is 394 g/mol. The van der Waals surface area contributed by atoms with Gasteiger partial charge in [0, 0.05) is 30.3 Å².